The van der Waals surface area contributed by atoms with E-state index in [2.05, 4.69) is 4.99 Å². The average molecular weight is 447 g/mol. The molecule has 0 saturated carbocycles. The van der Waals surface area contributed by atoms with Crippen molar-refractivity contribution in [2.75, 3.05) is 12.4 Å². The summed E-state index contributed by atoms with van der Waals surface area (Å²) in [5, 5.41) is 0. The molecular formula is C22H26N2O4S2. The molecule has 0 aliphatic carbocycles. The van der Waals surface area contributed by atoms with Crippen molar-refractivity contribution in [2.45, 2.75) is 39.0 Å². The van der Waals surface area contributed by atoms with Gasteiger partial charge < -0.3 is 9.30 Å². The number of aromatic nitrogens is 1. The number of sulfone groups is 1. The number of thiazole rings is 1. The Balaban J connectivity index is 1.68. The van der Waals surface area contributed by atoms with Crippen LogP contribution >= 0.6 is 11.3 Å². The monoisotopic (exact) mass is 446 g/mol. The second-order valence-electron chi connectivity index (χ2n) is 6.88. The maximum Gasteiger partial charge on any atom is 0.248 e. The Kier molecular flexibility index (Phi) is 7.44. The Bertz CT molecular complexity index is 1180. The number of ether oxygens (including phenoxy) is 1. The van der Waals surface area contributed by atoms with Crippen LogP contribution in [-0.2, 0) is 26.9 Å². The quantitative estimate of drug-likeness (QED) is 0.499. The molecule has 0 N–H and O–H groups in total. The van der Waals surface area contributed by atoms with Crippen molar-refractivity contribution >= 4 is 37.3 Å². The Morgan fingerprint density at radius 1 is 1.13 bits per heavy atom. The zero-order chi connectivity index (χ0) is 21.6. The number of rotatable bonds is 9. The minimum Gasteiger partial charge on any atom is -0.494 e. The van der Waals surface area contributed by atoms with Gasteiger partial charge in [-0.1, -0.05) is 41.7 Å². The van der Waals surface area contributed by atoms with Gasteiger partial charge >= 0.3 is 0 Å². The maximum absolute atomic E-state index is 12.4. The molecule has 0 unspecified atom stereocenters. The first-order chi connectivity index (χ1) is 14.4. The number of hydrogen-bond donors (Lipinski definition) is 0. The van der Waals surface area contributed by atoms with Crippen molar-refractivity contribution in [1.29, 1.82) is 0 Å². The van der Waals surface area contributed by atoms with Gasteiger partial charge in [-0.05, 0) is 44.0 Å². The number of hydrogen-bond acceptors (Lipinski definition) is 5. The van der Waals surface area contributed by atoms with Crippen molar-refractivity contribution in [3.63, 3.8) is 0 Å². The van der Waals surface area contributed by atoms with E-state index in [0.717, 1.165) is 21.5 Å². The fourth-order valence-corrected chi connectivity index (χ4v) is 5.78. The van der Waals surface area contributed by atoms with Crippen LogP contribution in [0.4, 0.5) is 0 Å². The van der Waals surface area contributed by atoms with Gasteiger partial charge in [-0.15, -0.1) is 0 Å². The average Bonchev–Trinajstić information content (AvgIpc) is 3.04. The number of aryl methyl sites for hydroxylation is 1. The van der Waals surface area contributed by atoms with Gasteiger partial charge in [0.2, 0.25) is 5.91 Å². The molecule has 0 spiro atoms. The third-order valence-electron chi connectivity index (χ3n) is 4.58. The lowest BCUT2D eigenvalue weighted by Crippen LogP contribution is -2.16. The molecule has 0 atom stereocenters. The number of fused-ring (bicyclic) bond motifs is 1. The summed E-state index contributed by atoms with van der Waals surface area (Å²) >= 11 is 1.43. The fourth-order valence-electron chi connectivity index (χ4n) is 3.21. The molecule has 8 heteroatoms. The van der Waals surface area contributed by atoms with Crippen molar-refractivity contribution in [2.24, 2.45) is 4.99 Å². The first-order valence-electron chi connectivity index (χ1n) is 10.00. The molecule has 3 rings (SSSR count). The summed E-state index contributed by atoms with van der Waals surface area (Å²) < 4.78 is 33.1. The first-order valence-corrected chi connectivity index (χ1v) is 12.6. The molecule has 0 saturated heterocycles. The molecule has 0 radical (unpaired) electrons. The Morgan fingerprint density at radius 2 is 1.90 bits per heavy atom. The summed E-state index contributed by atoms with van der Waals surface area (Å²) in [5.41, 5.74) is 1.76. The number of carbonyl (C=O) groups is 1. The van der Waals surface area contributed by atoms with Gasteiger partial charge in [0.25, 0.3) is 0 Å². The standard InChI is InChI=1S/C22H26N2O4S2/c1-3-24-19-13-12-18(28-4-2)15-20(19)29-22(24)23-21(25)11-8-14-30(26,27)16-17-9-6-5-7-10-17/h5-7,9-10,12-13,15H,3-4,8,11,14,16H2,1-2H3. The van der Waals surface area contributed by atoms with Gasteiger partial charge in [0.1, 0.15) is 5.75 Å². The molecule has 2 aromatic carbocycles. The van der Waals surface area contributed by atoms with Gasteiger partial charge in [0.05, 0.1) is 28.3 Å². The molecule has 3 aromatic rings. The van der Waals surface area contributed by atoms with Crippen molar-refractivity contribution in [3.05, 3.63) is 58.9 Å². The molecule has 6 nitrogen and oxygen atoms in total. The lowest BCUT2D eigenvalue weighted by Gasteiger charge is -2.04. The van der Waals surface area contributed by atoms with Crippen LogP contribution in [0, 0.1) is 0 Å². The molecule has 1 amide bonds. The summed E-state index contributed by atoms with van der Waals surface area (Å²) in [4.78, 5) is 17.3. The summed E-state index contributed by atoms with van der Waals surface area (Å²) in [6.45, 7) is 5.21. The molecule has 160 valence electrons. The van der Waals surface area contributed by atoms with E-state index in [1.54, 1.807) is 12.1 Å². The third kappa shape index (κ3) is 5.79. The van der Waals surface area contributed by atoms with E-state index < -0.39 is 9.84 Å². The predicted molar refractivity (Wildman–Crippen MR) is 120 cm³/mol. The van der Waals surface area contributed by atoms with Crippen molar-refractivity contribution in [3.8, 4) is 5.75 Å². The predicted octanol–water partition coefficient (Wildman–Crippen LogP) is 3.94. The molecule has 30 heavy (non-hydrogen) atoms. The van der Waals surface area contributed by atoms with Crippen LogP contribution in [0.15, 0.2) is 53.5 Å². The van der Waals surface area contributed by atoms with Crippen LogP contribution < -0.4 is 9.54 Å². The Hall–Kier alpha value is -2.45. The molecule has 0 aliphatic heterocycles. The minimum absolute atomic E-state index is 0.00646. The second kappa shape index (κ2) is 10.0. The van der Waals surface area contributed by atoms with Crippen molar-refractivity contribution in [1.82, 2.24) is 4.57 Å². The summed E-state index contributed by atoms with van der Waals surface area (Å²) in [7, 11) is -3.26. The number of carbonyl (C=O) groups excluding carboxylic acids is 1. The van der Waals surface area contributed by atoms with E-state index in [0.29, 0.717) is 18.0 Å². The van der Waals surface area contributed by atoms with Gasteiger partial charge in [-0.2, -0.15) is 4.99 Å². The van der Waals surface area contributed by atoms with Gasteiger partial charge in [0.15, 0.2) is 14.6 Å². The minimum atomic E-state index is -3.26. The highest BCUT2D eigenvalue weighted by Gasteiger charge is 2.13. The molecule has 0 aliphatic rings. The highest BCUT2D eigenvalue weighted by atomic mass is 32.2. The smallest absolute Gasteiger partial charge is 0.248 e. The number of nitrogens with zero attached hydrogens (tertiary/aromatic N) is 2. The second-order valence-corrected chi connectivity index (χ2v) is 10.1. The van der Waals surface area contributed by atoms with Crippen LogP contribution in [0.5, 0.6) is 5.75 Å². The maximum atomic E-state index is 12.4. The largest absolute Gasteiger partial charge is 0.494 e. The number of amides is 1. The lowest BCUT2D eigenvalue weighted by molar-refractivity contribution is -0.118. The zero-order valence-electron chi connectivity index (χ0n) is 17.2. The van der Waals surface area contributed by atoms with Crippen LogP contribution in [0.1, 0.15) is 32.3 Å². The highest BCUT2D eigenvalue weighted by molar-refractivity contribution is 7.90. The van der Waals surface area contributed by atoms with E-state index in [-0.39, 0.29) is 30.3 Å². The van der Waals surface area contributed by atoms with Crippen LogP contribution in [0.3, 0.4) is 0 Å². The van der Waals surface area contributed by atoms with Crippen LogP contribution in [0.25, 0.3) is 10.2 Å². The van der Waals surface area contributed by atoms with Gasteiger partial charge in [0, 0.05) is 13.0 Å². The van der Waals surface area contributed by atoms with E-state index >= 15 is 0 Å². The molecule has 1 aromatic heterocycles. The third-order valence-corrected chi connectivity index (χ3v) is 7.30. The van der Waals surface area contributed by atoms with Gasteiger partial charge in [-0.25, -0.2) is 8.42 Å². The topological polar surface area (TPSA) is 77.7 Å². The zero-order valence-corrected chi connectivity index (χ0v) is 18.8. The summed E-state index contributed by atoms with van der Waals surface area (Å²) in [6, 6.07) is 14.9. The normalized spacial score (nSPS) is 12.4. The first kappa shape index (κ1) is 22.2. The molecular weight excluding hydrogens is 420 g/mol. The molecule has 1 heterocycles. The SMILES string of the molecule is CCOc1ccc2c(c1)sc(=NC(=O)CCCS(=O)(=O)Cc1ccccc1)n2CC. The molecule has 0 fully saturated rings. The molecule has 0 bridgehead atoms. The van der Waals surface area contributed by atoms with Crippen LogP contribution in [0.2, 0.25) is 0 Å². The lowest BCUT2D eigenvalue weighted by atomic mass is 10.2. The Morgan fingerprint density at radius 3 is 2.60 bits per heavy atom. The van der Waals surface area contributed by atoms with E-state index in [4.69, 9.17) is 4.74 Å². The van der Waals surface area contributed by atoms with Crippen molar-refractivity contribution < 1.29 is 17.9 Å². The van der Waals surface area contributed by atoms with Gasteiger partial charge in [-0.3, -0.25) is 4.79 Å². The van der Waals surface area contributed by atoms with E-state index in [1.807, 2.05) is 54.8 Å². The summed E-state index contributed by atoms with van der Waals surface area (Å²) in [6.07, 6.45) is 0.374. The van der Waals surface area contributed by atoms with E-state index in [1.165, 1.54) is 11.3 Å². The highest BCUT2D eigenvalue weighted by Crippen LogP contribution is 2.23. The van der Waals surface area contributed by atoms with E-state index in [9.17, 15) is 13.2 Å². The van der Waals surface area contributed by atoms with Crippen LogP contribution in [-0.4, -0.2) is 31.3 Å². The fraction of sp³-hybridized carbons (Fsp3) is 0.364. The summed E-state index contributed by atoms with van der Waals surface area (Å²) in [5.74, 6) is 0.453. The Labute approximate surface area is 180 Å². The number of benzene rings is 2.